The van der Waals surface area contributed by atoms with Crippen molar-refractivity contribution in [3.05, 3.63) is 48.3 Å². The van der Waals surface area contributed by atoms with E-state index in [4.69, 9.17) is 5.73 Å². The molecule has 0 saturated carbocycles. The van der Waals surface area contributed by atoms with Gasteiger partial charge in [0.2, 0.25) is 11.9 Å². The van der Waals surface area contributed by atoms with Crippen LogP contribution in [0.2, 0.25) is 0 Å². The molecule has 3 aromatic rings. The number of nitrogen functional groups attached to an aromatic ring is 1. The predicted octanol–water partition coefficient (Wildman–Crippen LogP) is 1.66. The van der Waals surface area contributed by atoms with Crippen LogP contribution < -0.4 is 11.1 Å². The first-order valence-electron chi connectivity index (χ1n) is 5.85. The van der Waals surface area contributed by atoms with E-state index >= 15 is 0 Å². The number of benzene rings is 1. The third kappa shape index (κ3) is 2.76. The molecule has 21 heavy (non-hydrogen) atoms. The number of rotatable bonds is 3. The first-order chi connectivity index (χ1) is 10.1. The van der Waals surface area contributed by atoms with E-state index < -0.39 is 11.6 Å². The van der Waals surface area contributed by atoms with Gasteiger partial charge >= 0.3 is 0 Å². The maximum Gasteiger partial charge on any atom is 0.257 e. The number of anilines is 3. The summed E-state index contributed by atoms with van der Waals surface area (Å²) in [5.41, 5.74) is 5.88. The second-order valence-electron chi connectivity index (χ2n) is 4.02. The molecule has 0 aliphatic rings. The van der Waals surface area contributed by atoms with Crippen molar-refractivity contribution < 1.29 is 8.78 Å². The van der Waals surface area contributed by atoms with Crippen molar-refractivity contribution >= 4 is 17.6 Å². The van der Waals surface area contributed by atoms with E-state index in [2.05, 4.69) is 25.4 Å². The molecule has 0 saturated heterocycles. The standard InChI is InChI=1S/C12H9F2N7/c13-8-3-2-7(6-9(8)14)17-11-18-10(15)19-12(20-11)21-5-1-4-16-21/h1-6H,(H3,15,17,18,19,20). The fraction of sp³-hybridized carbons (Fsp3) is 0. The van der Waals surface area contributed by atoms with E-state index in [1.807, 2.05) is 0 Å². The molecule has 2 aromatic heterocycles. The lowest BCUT2D eigenvalue weighted by atomic mass is 10.3. The molecule has 9 heteroatoms. The summed E-state index contributed by atoms with van der Waals surface area (Å²) < 4.78 is 27.4. The maximum absolute atomic E-state index is 13.2. The van der Waals surface area contributed by atoms with Crippen molar-refractivity contribution in [3.8, 4) is 5.95 Å². The smallest absolute Gasteiger partial charge is 0.257 e. The van der Waals surface area contributed by atoms with Gasteiger partial charge in [-0.2, -0.15) is 20.1 Å². The third-order valence-corrected chi connectivity index (χ3v) is 2.53. The average molecular weight is 289 g/mol. The van der Waals surface area contributed by atoms with Gasteiger partial charge in [0, 0.05) is 24.1 Å². The molecule has 0 bridgehead atoms. The molecule has 0 radical (unpaired) electrons. The minimum absolute atomic E-state index is 0.0272. The van der Waals surface area contributed by atoms with Crippen LogP contribution in [0.1, 0.15) is 0 Å². The molecule has 0 aliphatic heterocycles. The fourth-order valence-electron chi connectivity index (χ4n) is 1.63. The molecule has 0 aliphatic carbocycles. The normalized spacial score (nSPS) is 10.6. The van der Waals surface area contributed by atoms with Gasteiger partial charge in [-0.3, -0.25) is 0 Å². The van der Waals surface area contributed by atoms with E-state index in [0.29, 0.717) is 0 Å². The highest BCUT2D eigenvalue weighted by molar-refractivity contribution is 5.54. The summed E-state index contributed by atoms with van der Waals surface area (Å²) in [6.07, 6.45) is 3.19. The van der Waals surface area contributed by atoms with E-state index in [-0.39, 0.29) is 23.5 Å². The highest BCUT2D eigenvalue weighted by Gasteiger charge is 2.08. The van der Waals surface area contributed by atoms with Gasteiger partial charge in [0.15, 0.2) is 11.6 Å². The summed E-state index contributed by atoms with van der Waals surface area (Å²) in [6.45, 7) is 0. The Labute approximate surface area is 117 Å². The zero-order valence-electron chi connectivity index (χ0n) is 10.5. The minimum Gasteiger partial charge on any atom is -0.368 e. The van der Waals surface area contributed by atoms with Crippen molar-refractivity contribution in [2.75, 3.05) is 11.1 Å². The highest BCUT2D eigenvalue weighted by atomic mass is 19.2. The van der Waals surface area contributed by atoms with Gasteiger partial charge < -0.3 is 11.1 Å². The molecular formula is C12H9F2N7. The Kier molecular flexibility index (Phi) is 3.14. The topological polar surface area (TPSA) is 94.5 Å². The van der Waals surface area contributed by atoms with E-state index in [1.165, 1.54) is 10.7 Å². The molecule has 0 fully saturated rings. The van der Waals surface area contributed by atoms with Gasteiger partial charge in [0.1, 0.15) is 0 Å². The van der Waals surface area contributed by atoms with Crippen molar-refractivity contribution in [2.45, 2.75) is 0 Å². The van der Waals surface area contributed by atoms with Crippen LogP contribution in [0, 0.1) is 11.6 Å². The van der Waals surface area contributed by atoms with Gasteiger partial charge in [0.05, 0.1) is 0 Å². The van der Waals surface area contributed by atoms with Crippen LogP contribution in [0.5, 0.6) is 0 Å². The Balaban J connectivity index is 1.93. The molecule has 106 valence electrons. The molecule has 0 spiro atoms. The first kappa shape index (κ1) is 12.9. The van der Waals surface area contributed by atoms with Crippen molar-refractivity contribution in [2.24, 2.45) is 0 Å². The Morgan fingerprint density at radius 1 is 1.10 bits per heavy atom. The number of hydrogen-bond acceptors (Lipinski definition) is 6. The fourth-order valence-corrected chi connectivity index (χ4v) is 1.63. The van der Waals surface area contributed by atoms with E-state index in [1.54, 1.807) is 18.5 Å². The van der Waals surface area contributed by atoms with Gasteiger partial charge in [0.25, 0.3) is 5.95 Å². The lowest BCUT2D eigenvalue weighted by Gasteiger charge is -2.07. The van der Waals surface area contributed by atoms with E-state index in [9.17, 15) is 8.78 Å². The predicted molar refractivity (Wildman–Crippen MR) is 71.0 cm³/mol. The Hall–Kier alpha value is -3.10. The highest BCUT2D eigenvalue weighted by Crippen LogP contribution is 2.17. The molecular weight excluding hydrogens is 280 g/mol. The molecule has 3 rings (SSSR count). The summed E-state index contributed by atoms with van der Waals surface area (Å²) in [5, 5.41) is 6.70. The Morgan fingerprint density at radius 3 is 2.67 bits per heavy atom. The van der Waals surface area contributed by atoms with Gasteiger partial charge in [-0.1, -0.05) is 0 Å². The second-order valence-corrected chi connectivity index (χ2v) is 4.02. The number of nitrogens with one attached hydrogen (secondary N) is 1. The zero-order chi connectivity index (χ0) is 14.8. The number of halogens is 2. The van der Waals surface area contributed by atoms with Crippen LogP contribution in [0.3, 0.4) is 0 Å². The molecule has 3 N–H and O–H groups in total. The number of aromatic nitrogens is 5. The summed E-state index contributed by atoms with van der Waals surface area (Å²) in [5.74, 6) is -1.64. The monoisotopic (exact) mass is 289 g/mol. The van der Waals surface area contributed by atoms with Crippen molar-refractivity contribution in [3.63, 3.8) is 0 Å². The Bertz CT molecular complexity index is 773. The van der Waals surface area contributed by atoms with Gasteiger partial charge in [-0.25, -0.2) is 13.5 Å². The number of nitrogens with two attached hydrogens (primary N) is 1. The minimum atomic E-state index is -0.977. The molecule has 0 amide bonds. The molecule has 7 nitrogen and oxygen atoms in total. The van der Waals surface area contributed by atoms with Crippen LogP contribution in [0.15, 0.2) is 36.7 Å². The molecule has 0 unspecified atom stereocenters. The maximum atomic E-state index is 13.2. The molecule has 0 atom stereocenters. The van der Waals surface area contributed by atoms with Crippen molar-refractivity contribution in [1.82, 2.24) is 24.7 Å². The van der Waals surface area contributed by atoms with Crippen molar-refractivity contribution in [1.29, 1.82) is 0 Å². The first-order valence-corrected chi connectivity index (χ1v) is 5.85. The lowest BCUT2D eigenvalue weighted by molar-refractivity contribution is 0.509. The molecule has 1 aromatic carbocycles. The summed E-state index contributed by atoms with van der Waals surface area (Å²) in [7, 11) is 0. The van der Waals surface area contributed by atoms with Crippen LogP contribution in [-0.4, -0.2) is 24.7 Å². The molecule has 2 heterocycles. The lowest BCUT2D eigenvalue weighted by Crippen LogP contribution is -2.09. The summed E-state index contributed by atoms with van der Waals surface area (Å²) >= 11 is 0. The van der Waals surface area contributed by atoms with E-state index in [0.717, 1.165) is 12.1 Å². The number of hydrogen-bond donors (Lipinski definition) is 2. The third-order valence-electron chi connectivity index (χ3n) is 2.53. The van der Waals surface area contributed by atoms with Gasteiger partial charge in [-0.05, 0) is 18.2 Å². The number of nitrogens with zero attached hydrogens (tertiary/aromatic N) is 5. The van der Waals surface area contributed by atoms with Gasteiger partial charge in [-0.15, -0.1) is 0 Å². The SMILES string of the molecule is Nc1nc(Nc2ccc(F)c(F)c2)nc(-n2cccn2)n1. The average Bonchev–Trinajstić information content (AvgIpc) is 2.96. The zero-order valence-corrected chi connectivity index (χ0v) is 10.5. The largest absolute Gasteiger partial charge is 0.368 e. The van der Waals surface area contributed by atoms with Crippen LogP contribution in [-0.2, 0) is 0 Å². The second kappa shape index (κ2) is 5.12. The quantitative estimate of drug-likeness (QED) is 0.761. The van der Waals surface area contributed by atoms with Crippen LogP contribution in [0.4, 0.5) is 26.4 Å². The van der Waals surface area contributed by atoms with Crippen LogP contribution >= 0.6 is 0 Å². The van der Waals surface area contributed by atoms with Crippen LogP contribution in [0.25, 0.3) is 5.95 Å². The summed E-state index contributed by atoms with van der Waals surface area (Å²) in [6, 6.07) is 5.04. The Morgan fingerprint density at radius 2 is 1.95 bits per heavy atom. The summed E-state index contributed by atoms with van der Waals surface area (Å²) in [4.78, 5) is 11.9.